The van der Waals surface area contributed by atoms with E-state index in [1.165, 1.54) is 30.0 Å². The number of aliphatic carboxylic acids is 1. The predicted octanol–water partition coefficient (Wildman–Crippen LogP) is -0.0240. The molecule has 6 N–H and O–H groups in total. The number of aromatic hydroxyl groups is 1. The van der Waals surface area contributed by atoms with Gasteiger partial charge in [-0.3, -0.25) is 14.5 Å². The van der Waals surface area contributed by atoms with Crippen molar-refractivity contribution in [3.8, 4) is 5.75 Å². The van der Waals surface area contributed by atoms with Crippen LogP contribution in [-0.2, 0) is 9.59 Å². The zero-order valence-corrected chi connectivity index (χ0v) is 14.5. The highest BCUT2D eigenvalue weighted by Crippen LogP contribution is 2.27. The Morgan fingerprint density at radius 1 is 1.44 bits per heavy atom. The van der Waals surface area contributed by atoms with Crippen LogP contribution in [0.5, 0.6) is 5.75 Å². The number of nitrogens with zero attached hydrogens (tertiary/aromatic N) is 1. The molecule has 136 valence electrons. The molecular formula is C16H21N3O5S. The standard InChI is InChI=1S/C16H21N3O5S/c1-25-7-6-13(17)16(24)18-12(15(23)19(16)9-14(21)22)8-10-2-4-11(20)5-3-10/h2-5,8,13,18,20,24H,6-7,9,17H2,1H3,(H,21,22)/b12-8-/t13?,16-/m1/s1. The van der Waals surface area contributed by atoms with Crippen molar-refractivity contribution in [2.24, 2.45) is 5.73 Å². The topological polar surface area (TPSA) is 136 Å². The summed E-state index contributed by atoms with van der Waals surface area (Å²) in [4.78, 5) is 24.5. The van der Waals surface area contributed by atoms with Gasteiger partial charge in [0.25, 0.3) is 5.91 Å². The molecule has 1 fully saturated rings. The quantitative estimate of drug-likeness (QED) is 0.424. The molecule has 1 aromatic rings. The van der Waals surface area contributed by atoms with Gasteiger partial charge in [0.2, 0.25) is 5.85 Å². The van der Waals surface area contributed by atoms with Crippen LogP contribution in [0, 0.1) is 0 Å². The first-order chi connectivity index (χ1) is 11.8. The van der Waals surface area contributed by atoms with Crippen molar-refractivity contribution in [2.75, 3.05) is 18.6 Å². The molecule has 1 saturated heterocycles. The molecule has 1 unspecified atom stereocenters. The second kappa shape index (κ2) is 7.77. The summed E-state index contributed by atoms with van der Waals surface area (Å²) >= 11 is 1.53. The van der Waals surface area contributed by atoms with Gasteiger partial charge in [0.05, 0.1) is 6.04 Å². The van der Waals surface area contributed by atoms with Gasteiger partial charge in [0.15, 0.2) is 0 Å². The molecule has 1 amide bonds. The van der Waals surface area contributed by atoms with Crippen LogP contribution in [0.1, 0.15) is 12.0 Å². The minimum absolute atomic E-state index is 0.0361. The highest BCUT2D eigenvalue weighted by Gasteiger charge is 2.51. The summed E-state index contributed by atoms with van der Waals surface area (Å²) in [6, 6.07) is 5.22. The summed E-state index contributed by atoms with van der Waals surface area (Å²) in [6.45, 7) is -0.678. The van der Waals surface area contributed by atoms with Crippen LogP contribution < -0.4 is 11.1 Å². The molecule has 0 aromatic heterocycles. The molecular weight excluding hydrogens is 346 g/mol. The number of nitrogens with two attached hydrogens (primary N) is 1. The lowest BCUT2D eigenvalue weighted by molar-refractivity contribution is -0.164. The maximum atomic E-state index is 12.6. The molecule has 0 aliphatic carbocycles. The van der Waals surface area contributed by atoms with Gasteiger partial charge >= 0.3 is 5.97 Å². The number of hydrogen-bond acceptors (Lipinski definition) is 7. The second-order valence-corrected chi connectivity index (χ2v) is 6.66. The normalized spacial score (nSPS) is 22.9. The fourth-order valence-electron chi connectivity index (χ4n) is 2.52. The van der Waals surface area contributed by atoms with E-state index in [0.717, 1.165) is 4.90 Å². The molecule has 2 rings (SSSR count). The molecule has 0 saturated carbocycles. The van der Waals surface area contributed by atoms with Gasteiger partial charge in [-0.2, -0.15) is 11.8 Å². The zero-order chi connectivity index (χ0) is 18.6. The number of nitrogens with one attached hydrogen (secondary N) is 1. The van der Waals surface area contributed by atoms with Crippen molar-refractivity contribution in [3.63, 3.8) is 0 Å². The molecule has 1 heterocycles. The van der Waals surface area contributed by atoms with E-state index in [-0.39, 0.29) is 11.4 Å². The molecule has 8 nitrogen and oxygen atoms in total. The monoisotopic (exact) mass is 367 g/mol. The molecule has 1 aliphatic rings. The van der Waals surface area contributed by atoms with E-state index < -0.39 is 30.3 Å². The van der Waals surface area contributed by atoms with Crippen LogP contribution in [0.3, 0.4) is 0 Å². The minimum atomic E-state index is -1.98. The van der Waals surface area contributed by atoms with Crippen LogP contribution in [0.2, 0.25) is 0 Å². The van der Waals surface area contributed by atoms with Crippen molar-refractivity contribution in [1.29, 1.82) is 0 Å². The Morgan fingerprint density at radius 2 is 2.08 bits per heavy atom. The lowest BCUT2D eigenvalue weighted by Gasteiger charge is -2.36. The molecule has 25 heavy (non-hydrogen) atoms. The Kier molecular flexibility index (Phi) is 5.93. The molecule has 2 atom stereocenters. The Balaban J connectivity index is 2.33. The number of hydrogen-bond donors (Lipinski definition) is 5. The summed E-state index contributed by atoms with van der Waals surface area (Å²) in [5.41, 5.74) is 6.67. The van der Waals surface area contributed by atoms with Gasteiger partial charge in [-0.15, -0.1) is 0 Å². The van der Waals surface area contributed by atoms with Gasteiger partial charge in [0, 0.05) is 0 Å². The molecule has 0 bridgehead atoms. The molecule has 9 heteroatoms. The van der Waals surface area contributed by atoms with Crippen molar-refractivity contribution in [2.45, 2.75) is 18.3 Å². The van der Waals surface area contributed by atoms with E-state index in [9.17, 15) is 19.8 Å². The number of phenols is 1. The fraction of sp³-hybridized carbons (Fsp3) is 0.375. The van der Waals surface area contributed by atoms with E-state index in [1.54, 1.807) is 12.1 Å². The van der Waals surface area contributed by atoms with Gasteiger partial charge in [0.1, 0.15) is 18.0 Å². The number of phenolic OH excluding ortho intramolecular Hbond substituents is 1. The maximum Gasteiger partial charge on any atom is 0.323 e. The summed E-state index contributed by atoms with van der Waals surface area (Å²) < 4.78 is 0. The lowest BCUT2D eigenvalue weighted by Crippen LogP contribution is -2.64. The summed E-state index contributed by atoms with van der Waals surface area (Å²) in [5, 5.41) is 31.9. The van der Waals surface area contributed by atoms with Gasteiger partial charge < -0.3 is 26.4 Å². The van der Waals surface area contributed by atoms with Gasteiger partial charge in [-0.1, -0.05) is 12.1 Å². The van der Waals surface area contributed by atoms with Crippen LogP contribution in [0.4, 0.5) is 0 Å². The number of rotatable bonds is 7. The first-order valence-electron chi connectivity index (χ1n) is 7.57. The molecule has 1 aromatic carbocycles. The largest absolute Gasteiger partial charge is 0.508 e. The molecule has 0 spiro atoms. The fourth-order valence-corrected chi connectivity index (χ4v) is 3.01. The number of aliphatic hydroxyl groups is 1. The van der Waals surface area contributed by atoms with Crippen molar-refractivity contribution in [1.82, 2.24) is 10.2 Å². The third-order valence-electron chi connectivity index (χ3n) is 3.85. The van der Waals surface area contributed by atoms with E-state index in [2.05, 4.69) is 5.32 Å². The van der Waals surface area contributed by atoms with Gasteiger partial charge in [-0.05, 0) is 42.2 Å². The summed E-state index contributed by atoms with van der Waals surface area (Å²) in [6.07, 6.45) is 3.74. The van der Waals surface area contributed by atoms with Crippen molar-refractivity contribution >= 4 is 29.7 Å². The van der Waals surface area contributed by atoms with Crippen LogP contribution >= 0.6 is 11.8 Å². The van der Waals surface area contributed by atoms with E-state index in [1.807, 2.05) is 6.26 Å². The number of carboxylic acid groups (broad SMARTS) is 1. The highest BCUT2D eigenvalue weighted by atomic mass is 32.2. The van der Waals surface area contributed by atoms with Crippen molar-refractivity contribution in [3.05, 3.63) is 35.5 Å². The van der Waals surface area contributed by atoms with E-state index in [0.29, 0.717) is 17.7 Å². The third-order valence-corrected chi connectivity index (χ3v) is 4.50. The Morgan fingerprint density at radius 3 is 2.64 bits per heavy atom. The van der Waals surface area contributed by atoms with E-state index in [4.69, 9.17) is 10.8 Å². The smallest absolute Gasteiger partial charge is 0.323 e. The maximum absolute atomic E-state index is 12.6. The number of carbonyl (C=O) groups is 2. The van der Waals surface area contributed by atoms with Crippen LogP contribution in [0.25, 0.3) is 6.08 Å². The number of thioether (sulfide) groups is 1. The number of carbonyl (C=O) groups excluding carboxylic acids is 1. The Hall–Kier alpha value is -2.23. The van der Waals surface area contributed by atoms with Crippen LogP contribution in [0.15, 0.2) is 30.0 Å². The number of amides is 1. The number of benzene rings is 1. The number of carboxylic acids is 1. The third kappa shape index (κ3) is 4.25. The van der Waals surface area contributed by atoms with Crippen molar-refractivity contribution < 1.29 is 24.9 Å². The molecule has 1 aliphatic heterocycles. The average Bonchev–Trinajstić information content (AvgIpc) is 2.80. The second-order valence-electron chi connectivity index (χ2n) is 5.67. The van der Waals surface area contributed by atoms with E-state index >= 15 is 0 Å². The first-order valence-corrected chi connectivity index (χ1v) is 8.97. The van der Waals surface area contributed by atoms with Crippen LogP contribution in [-0.4, -0.2) is 62.5 Å². The molecule has 0 radical (unpaired) electrons. The summed E-state index contributed by atoms with van der Waals surface area (Å²) in [5.74, 6) is -3.16. The Labute approximate surface area is 149 Å². The highest BCUT2D eigenvalue weighted by molar-refractivity contribution is 7.98. The SMILES string of the molecule is CSCCC(N)[C@@]1(O)N/C(=C\c2ccc(O)cc2)C(=O)N1CC(=O)O. The average molecular weight is 367 g/mol. The first kappa shape index (κ1) is 19.1. The summed E-state index contributed by atoms with van der Waals surface area (Å²) in [7, 11) is 0. The zero-order valence-electron chi connectivity index (χ0n) is 13.7. The minimum Gasteiger partial charge on any atom is -0.508 e. The lowest BCUT2D eigenvalue weighted by atomic mass is 10.1. The predicted molar refractivity (Wildman–Crippen MR) is 94.5 cm³/mol. The Bertz CT molecular complexity index is 679. The van der Waals surface area contributed by atoms with Gasteiger partial charge in [-0.25, -0.2) is 0 Å².